The highest BCUT2D eigenvalue weighted by atomic mass is 79.9. The van der Waals surface area contributed by atoms with E-state index in [1.807, 2.05) is 18.2 Å². The lowest BCUT2D eigenvalue weighted by atomic mass is 10.1. The van der Waals surface area contributed by atoms with E-state index in [4.69, 9.17) is 10.8 Å². The molecule has 0 atom stereocenters. The van der Waals surface area contributed by atoms with Gasteiger partial charge in [0.15, 0.2) is 0 Å². The Balaban J connectivity index is 1.59. The van der Waals surface area contributed by atoms with Crippen LogP contribution >= 0.6 is 15.9 Å². The lowest BCUT2D eigenvalue weighted by molar-refractivity contribution is -0.117. The highest BCUT2D eigenvalue weighted by molar-refractivity contribution is 9.15. The van der Waals surface area contributed by atoms with Crippen LogP contribution in [0.25, 0.3) is 10.1 Å². The minimum absolute atomic E-state index is 0.0568. The van der Waals surface area contributed by atoms with E-state index < -0.39 is 0 Å². The SMILES string of the molecule is C#Cc1ccc2c(c1)N(Cc1ccc(C)c(F)c1)C(=O)CC(c1nnc(C3CC3)o1)=C2Br. The molecule has 1 aliphatic heterocycles. The zero-order valence-corrected chi connectivity index (χ0v) is 18.9. The summed E-state index contributed by atoms with van der Waals surface area (Å²) >= 11 is 3.67. The molecule has 160 valence electrons. The fourth-order valence-corrected chi connectivity index (χ4v) is 4.41. The zero-order chi connectivity index (χ0) is 22.4. The van der Waals surface area contributed by atoms with Crippen molar-refractivity contribution in [2.24, 2.45) is 0 Å². The van der Waals surface area contributed by atoms with Crippen LogP contribution in [0.3, 0.4) is 0 Å². The fraction of sp³-hybridized carbons (Fsp3) is 0.240. The van der Waals surface area contributed by atoms with Crippen LogP contribution < -0.4 is 4.90 Å². The molecule has 5 nitrogen and oxygen atoms in total. The summed E-state index contributed by atoms with van der Waals surface area (Å²) in [6.07, 6.45) is 7.76. The van der Waals surface area contributed by atoms with E-state index in [2.05, 4.69) is 32.0 Å². The molecular weight excluding hydrogens is 473 g/mol. The van der Waals surface area contributed by atoms with Crippen LogP contribution in [-0.2, 0) is 11.3 Å². The van der Waals surface area contributed by atoms with E-state index in [1.54, 1.807) is 24.0 Å². The number of terminal acetylenes is 1. The van der Waals surface area contributed by atoms with Gasteiger partial charge in [-0.3, -0.25) is 4.79 Å². The Hall–Kier alpha value is -3.24. The lowest BCUT2D eigenvalue weighted by Crippen LogP contribution is -2.30. The third kappa shape index (κ3) is 3.76. The van der Waals surface area contributed by atoms with Crippen LogP contribution in [0.4, 0.5) is 10.1 Å². The Morgan fingerprint density at radius 3 is 2.78 bits per heavy atom. The van der Waals surface area contributed by atoms with Gasteiger partial charge in [0.1, 0.15) is 5.82 Å². The number of aryl methyl sites for hydroxylation is 1. The summed E-state index contributed by atoms with van der Waals surface area (Å²) in [4.78, 5) is 15.1. The maximum Gasteiger partial charge on any atom is 0.245 e. The molecule has 1 aliphatic carbocycles. The van der Waals surface area contributed by atoms with Crippen molar-refractivity contribution in [1.29, 1.82) is 0 Å². The maximum absolute atomic E-state index is 14.2. The molecule has 1 fully saturated rings. The largest absolute Gasteiger partial charge is 0.421 e. The van der Waals surface area contributed by atoms with Gasteiger partial charge in [0.2, 0.25) is 17.7 Å². The summed E-state index contributed by atoms with van der Waals surface area (Å²) in [6.45, 7) is 1.92. The Bertz CT molecular complexity index is 1320. The third-order valence-electron chi connectivity index (χ3n) is 5.79. The molecule has 32 heavy (non-hydrogen) atoms. The number of anilines is 1. The van der Waals surface area contributed by atoms with E-state index in [9.17, 15) is 9.18 Å². The van der Waals surface area contributed by atoms with Crippen molar-refractivity contribution < 1.29 is 13.6 Å². The van der Waals surface area contributed by atoms with Gasteiger partial charge in [-0.2, -0.15) is 0 Å². The Morgan fingerprint density at radius 2 is 2.06 bits per heavy atom. The number of halogens is 2. The number of carbonyl (C=O) groups is 1. The molecule has 2 heterocycles. The number of aromatic nitrogens is 2. The molecule has 2 aromatic carbocycles. The van der Waals surface area contributed by atoms with Gasteiger partial charge < -0.3 is 9.32 Å². The first-order valence-corrected chi connectivity index (χ1v) is 11.1. The van der Waals surface area contributed by atoms with Gasteiger partial charge in [0.05, 0.1) is 18.7 Å². The number of amides is 1. The smallest absolute Gasteiger partial charge is 0.245 e. The second kappa shape index (κ2) is 8.03. The number of benzene rings is 2. The van der Waals surface area contributed by atoms with Crippen molar-refractivity contribution in [3.05, 3.63) is 76.3 Å². The minimum Gasteiger partial charge on any atom is -0.421 e. The summed E-state index contributed by atoms with van der Waals surface area (Å²) in [5.41, 5.74) is 3.95. The van der Waals surface area contributed by atoms with Gasteiger partial charge in [-0.25, -0.2) is 4.39 Å². The third-order valence-corrected chi connectivity index (χ3v) is 6.69. The van der Waals surface area contributed by atoms with E-state index in [0.717, 1.165) is 18.4 Å². The van der Waals surface area contributed by atoms with E-state index in [0.29, 0.717) is 50.1 Å². The van der Waals surface area contributed by atoms with Gasteiger partial charge in [-0.15, -0.1) is 16.6 Å². The highest BCUT2D eigenvalue weighted by Crippen LogP contribution is 2.44. The standard InChI is InChI=1S/C25H19BrFN3O2/c1-3-15-6-9-18-21(11-15)30(13-16-5-4-14(2)20(27)10-16)22(31)12-19(23(18)26)25-29-28-24(32-25)17-7-8-17/h1,4-6,9-11,17H,7-8,12-13H2,2H3. The van der Waals surface area contributed by atoms with Crippen LogP contribution in [-0.4, -0.2) is 16.1 Å². The van der Waals surface area contributed by atoms with Crippen molar-refractivity contribution in [3.8, 4) is 12.3 Å². The minimum atomic E-state index is -0.305. The molecule has 3 aromatic rings. The van der Waals surface area contributed by atoms with Gasteiger partial charge in [0, 0.05) is 27.1 Å². The molecule has 0 saturated heterocycles. The van der Waals surface area contributed by atoms with E-state index in [-0.39, 0.29) is 24.7 Å². The van der Waals surface area contributed by atoms with E-state index in [1.165, 1.54) is 6.07 Å². The summed E-state index contributed by atoms with van der Waals surface area (Å²) in [7, 11) is 0. The molecule has 1 aromatic heterocycles. The predicted molar refractivity (Wildman–Crippen MR) is 123 cm³/mol. The Morgan fingerprint density at radius 1 is 1.25 bits per heavy atom. The second-order valence-electron chi connectivity index (χ2n) is 8.13. The Kier molecular flexibility index (Phi) is 5.18. The number of hydrogen-bond donors (Lipinski definition) is 0. The maximum atomic E-state index is 14.2. The predicted octanol–water partition coefficient (Wildman–Crippen LogP) is 5.58. The summed E-state index contributed by atoms with van der Waals surface area (Å²) in [6, 6.07) is 10.5. The number of rotatable bonds is 4. The number of carbonyl (C=O) groups excluding carboxylic acids is 1. The van der Waals surface area contributed by atoms with E-state index >= 15 is 0 Å². The summed E-state index contributed by atoms with van der Waals surface area (Å²) < 4.78 is 20.8. The molecule has 0 N–H and O–H groups in total. The molecule has 5 rings (SSSR count). The normalized spacial score (nSPS) is 16.1. The van der Waals surface area contributed by atoms with Gasteiger partial charge in [-0.1, -0.05) is 24.1 Å². The summed E-state index contributed by atoms with van der Waals surface area (Å²) in [5.74, 6) is 3.41. The lowest BCUT2D eigenvalue weighted by Gasteiger charge is -2.24. The number of hydrogen-bond acceptors (Lipinski definition) is 4. The number of fused-ring (bicyclic) bond motifs is 1. The molecule has 1 saturated carbocycles. The van der Waals surface area contributed by atoms with Crippen molar-refractivity contribution in [1.82, 2.24) is 10.2 Å². The van der Waals surface area contributed by atoms with Crippen LogP contribution in [0.2, 0.25) is 0 Å². The van der Waals surface area contributed by atoms with Crippen molar-refractivity contribution >= 4 is 37.6 Å². The number of nitrogens with zero attached hydrogens (tertiary/aromatic N) is 3. The molecule has 7 heteroatoms. The molecule has 0 spiro atoms. The molecule has 2 aliphatic rings. The van der Waals surface area contributed by atoms with Gasteiger partial charge in [0.25, 0.3) is 0 Å². The monoisotopic (exact) mass is 491 g/mol. The summed E-state index contributed by atoms with van der Waals surface area (Å²) in [5, 5.41) is 8.37. The van der Waals surface area contributed by atoms with Gasteiger partial charge in [-0.05, 0) is 65.0 Å². The molecule has 1 amide bonds. The Labute approximate surface area is 193 Å². The van der Waals surface area contributed by atoms with Crippen molar-refractivity contribution in [3.63, 3.8) is 0 Å². The van der Waals surface area contributed by atoms with Crippen LogP contribution in [0.5, 0.6) is 0 Å². The first-order valence-electron chi connectivity index (χ1n) is 10.3. The van der Waals surface area contributed by atoms with Crippen molar-refractivity contribution in [2.45, 2.75) is 38.6 Å². The molecule has 0 radical (unpaired) electrons. The first kappa shape index (κ1) is 20.7. The topological polar surface area (TPSA) is 59.2 Å². The average Bonchev–Trinajstić information content (AvgIpc) is 3.55. The van der Waals surface area contributed by atoms with Crippen LogP contribution in [0, 0.1) is 25.1 Å². The molecule has 0 unspecified atom stereocenters. The van der Waals surface area contributed by atoms with Crippen LogP contribution in [0.15, 0.2) is 40.8 Å². The van der Waals surface area contributed by atoms with Gasteiger partial charge >= 0.3 is 0 Å². The quantitative estimate of drug-likeness (QED) is 0.447. The van der Waals surface area contributed by atoms with Crippen molar-refractivity contribution in [2.75, 3.05) is 4.90 Å². The second-order valence-corrected chi connectivity index (χ2v) is 8.92. The average molecular weight is 492 g/mol. The zero-order valence-electron chi connectivity index (χ0n) is 17.4. The highest BCUT2D eigenvalue weighted by Gasteiger charge is 2.33. The fourth-order valence-electron chi connectivity index (χ4n) is 3.76. The van der Waals surface area contributed by atoms with Crippen LogP contribution in [0.1, 0.15) is 59.2 Å². The molecular formula is C25H19BrFN3O2. The first-order chi connectivity index (χ1) is 15.4. The molecule has 0 bridgehead atoms.